The molecule has 0 fully saturated rings. The predicted octanol–water partition coefficient (Wildman–Crippen LogP) is 5.02. The Bertz CT molecular complexity index is 1310. The maximum absolute atomic E-state index is 14.0. The van der Waals surface area contributed by atoms with Crippen molar-refractivity contribution in [2.45, 2.75) is 58.0 Å². The molecule has 0 aliphatic carbocycles. The minimum absolute atomic E-state index is 0.0914. The van der Waals surface area contributed by atoms with E-state index in [0.717, 1.165) is 21.9 Å². The summed E-state index contributed by atoms with van der Waals surface area (Å²) in [4.78, 5) is 28.8. The summed E-state index contributed by atoms with van der Waals surface area (Å²) in [7, 11) is -4.06. The Morgan fingerprint density at radius 2 is 1.41 bits per heavy atom. The summed E-state index contributed by atoms with van der Waals surface area (Å²) in [5.41, 5.74) is 2.30. The highest BCUT2D eigenvalue weighted by molar-refractivity contribution is 7.92. The summed E-state index contributed by atoms with van der Waals surface area (Å²) in [5, 5.41) is 2.94. The molecule has 0 aliphatic rings. The number of anilines is 1. The third-order valence-electron chi connectivity index (χ3n) is 6.51. The van der Waals surface area contributed by atoms with Gasteiger partial charge in [-0.1, -0.05) is 88.4 Å². The fourth-order valence-electron chi connectivity index (χ4n) is 4.27. The topological polar surface area (TPSA) is 86.8 Å². The van der Waals surface area contributed by atoms with Crippen molar-refractivity contribution in [2.24, 2.45) is 5.92 Å². The first-order valence-electron chi connectivity index (χ1n) is 13.4. The monoisotopic (exact) mass is 549 g/mol. The van der Waals surface area contributed by atoms with Gasteiger partial charge in [-0.15, -0.1) is 0 Å². The lowest BCUT2D eigenvalue weighted by atomic mass is 10.1. The molecule has 0 radical (unpaired) electrons. The standard InChI is InChI=1S/C31H39N3O4S/c1-5-25-17-19-27(20-18-25)34(39(37,38)28-15-11-8-12-16-28)23-30(35)33(22-26-13-9-7-10-14-26)29(6-2)31(36)32-21-24(3)4/h7-20,24,29H,5-6,21-23H2,1-4H3,(H,32,36). The van der Waals surface area contributed by atoms with Crippen molar-refractivity contribution in [3.05, 3.63) is 96.1 Å². The van der Waals surface area contributed by atoms with Crippen molar-refractivity contribution in [3.8, 4) is 0 Å². The molecule has 0 aromatic heterocycles. The number of nitrogens with zero attached hydrogens (tertiary/aromatic N) is 2. The maximum atomic E-state index is 14.0. The molecule has 8 heteroatoms. The fraction of sp³-hybridized carbons (Fsp3) is 0.355. The van der Waals surface area contributed by atoms with Gasteiger partial charge in [-0.2, -0.15) is 0 Å². The molecule has 0 saturated carbocycles. The van der Waals surface area contributed by atoms with Crippen LogP contribution in [0.2, 0.25) is 0 Å². The summed E-state index contributed by atoms with van der Waals surface area (Å²) in [5.74, 6) is -0.452. The number of carbonyl (C=O) groups is 2. The molecule has 3 aromatic rings. The van der Waals surface area contributed by atoms with Gasteiger partial charge in [-0.3, -0.25) is 13.9 Å². The van der Waals surface area contributed by atoms with Crippen LogP contribution >= 0.6 is 0 Å². The number of carbonyl (C=O) groups excluding carboxylic acids is 2. The first-order valence-corrected chi connectivity index (χ1v) is 14.9. The van der Waals surface area contributed by atoms with Gasteiger partial charge in [0.25, 0.3) is 10.0 Å². The minimum atomic E-state index is -4.06. The Morgan fingerprint density at radius 1 is 0.821 bits per heavy atom. The van der Waals surface area contributed by atoms with Crippen LogP contribution in [0.4, 0.5) is 5.69 Å². The number of rotatable bonds is 13. The average molecular weight is 550 g/mol. The zero-order chi connectivity index (χ0) is 28.4. The van der Waals surface area contributed by atoms with Gasteiger partial charge in [-0.25, -0.2) is 8.42 Å². The van der Waals surface area contributed by atoms with E-state index in [1.807, 2.05) is 70.2 Å². The molecule has 0 spiro atoms. The lowest BCUT2D eigenvalue weighted by molar-refractivity contribution is -0.140. The van der Waals surface area contributed by atoms with Gasteiger partial charge in [0.15, 0.2) is 0 Å². The van der Waals surface area contributed by atoms with Crippen LogP contribution in [-0.2, 0) is 32.6 Å². The van der Waals surface area contributed by atoms with Crippen LogP contribution in [0.5, 0.6) is 0 Å². The van der Waals surface area contributed by atoms with E-state index in [0.29, 0.717) is 18.7 Å². The van der Waals surface area contributed by atoms with Crippen molar-refractivity contribution in [3.63, 3.8) is 0 Å². The third kappa shape index (κ3) is 7.93. The number of hydrogen-bond acceptors (Lipinski definition) is 4. The van der Waals surface area contributed by atoms with Crippen molar-refractivity contribution in [2.75, 3.05) is 17.4 Å². The summed E-state index contributed by atoms with van der Waals surface area (Å²) in [6.07, 6.45) is 1.19. The first-order chi connectivity index (χ1) is 18.7. The van der Waals surface area contributed by atoms with E-state index in [4.69, 9.17) is 0 Å². The van der Waals surface area contributed by atoms with Crippen LogP contribution in [0.1, 0.15) is 45.2 Å². The number of amides is 2. The van der Waals surface area contributed by atoms with E-state index in [-0.39, 0.29) is 23.3 Å². The van der Waals surface area contributed by atoms with E-state index in [1.165, 1.54) is 17.0 Å². The van der Waals surface area contributed by atoms with Gasteiger partial charge in [0.2, 0.25) is 11.8 Å². The summed E-state index contributed by atoms with van der Waals surface area (Å²) in [6.45, 7) is 8.11. The largest absolute Gasteiger partial charge is 0.354 e. The highest BCUT2D eigenvalue weighted by Gasteiger charge is 2.33. The second-order valence-corrected chi connectivity index (χ2v) is 11.8. The predicted molar refractivity (Wildman–Crippen MR) is 156 cm³/mol. The van der Waals surface area contributed by atoms with Crippen LogP contribution in [0, 0.1) is 5.92 Å². The highest BCUT2D eigenvalue weighted by Crippen LogP contribution is 2.25. The van der Waals surface area contributed by atoms with Gasteiger partial charge in [-0.05, 0) is 54.2 Å². The van der Waals surface area contributed by atoms with Gasteiger partial charge in [0.1, 0.15) is 12.6 Å². The van der Waals surface area contributed by atoms with E-state index in [2.05, 4.69) is 5.32 Å². The molecule has 3 rings (SSSR count). The zero-order valence-corrected chi connectivity index (χ0v) is 24.0. The van der Waals surface area contributed by atoms with E-state index >= 15 is 0 Å². The second-order valence-electron chi connectivity index (χ2n) is 9.92. The summed E-state index contributed by atoms with van der Waals surface area (Å²) in [6, 6.07) is 23.9. The zero-order valence-electron chi connectivity index (χ0n) is 23.2. The quantitative estimate of drug-likeness (QED) is 0.324. The highest BCUT2D eigenvalue weighted by atomic mass is 32.2. The first kappa shape index (κ1) is 29.9. The van der Waals surface area contributed by atoms with Gasteiger partial charge >= 0.3 is 0 Å². The van der Waals surface area contributed by atoms with Crippen LogP contribution in [0.15, 0.2) is 89.8 Å². The second kappa shape index (κ2) is 13.9. The smallest absolute Gasteiger partial charge is 0.264 e. The molecule has 0 saturated heterocycles. The van der Waals surface area contributed by atoms with Crippen molar-refractivity contribution >= 4 is 27.5 Å². The van der Waals surface area contributed by atoms with Crippen molar-refractivity contribution in [1.29, 1.82) is 0 Å². The normalized spacial score (nSPS) is 12.1. The SMILES string of the molecule is CCc1ccc(N(CC(=O)N(Cc2ccccc2)C(CC)C(=O)NCC(C)C)S(=O)(=O)c2ccccc2)cc1. The van der Waals surface area contributed by atoms with Crippen LogP contribution in [0.3, 0.4) is 0 Å². The van der Waals surface area contributed by atoms with E-state index < -0.39 is 28.5 Å². The molecule has 208 valence electrons. The number of hydrogen-bond donors (Lipinski definition) is 1. The molecule has 2 amide bonds. The average Bonchev–Trinajstić information content (AvgIpc) is 2.95. The molecular weight excluding hydrogens is 510 g/mol. The lowest BCUT2D eigenvalue weighted by Gasteiger charge is -2.33. The molecule has 39 heavy (non-hydrogen) atoms. The summed E-state index contributed by atoms with van der Waals surface area (Å²) < 4.78 is 28.8. The van der Waals surface area contributed by atoms with Gasteiger partial charge in [0.05, 0.1) is 10.6 Å². The number of nitrogens with one attached hydrogen (secondary N) is 1. The van der Waals surface area contributed by atoms with E-state index in [1.54, 1.807) is 30.3 Å². The molecule has 0 heterocycles. The Labute approximate surface area is 232 Å². The maximum Gasteiger partial charge on any atom is 0.264 e. The Morgan fingerprint density at radius 3 is 1.95 bits per heavy atom. The number of sulfonamides is 1. The Balaban J connectivity index is 2.02. The van der Waals surface area contributed by atoms with Crippen LogP contribution in [-0.4, -0.2) is 44.3 Å². The Kier molecular flexibility index (Phi) is 10.7. The molecule has 0 aliphatic heterocycles. The Hall–Kier alpha value is -3.65. The fourth-order valence-corrected chi connectivity index (χ4v) is 5.70. The molecule has 3 aromatic carbocycles. The molecule has 1 atom stereocenters. The van der Waals surface area contributed by atoms with Gasteiger partial charge in [0, 0.05) is 13.1 Å². The lowest BCUT2D eigenvalue weighted by Crippen LogP contribution is -2.52. The summed E-state index contributed by atoms with van der Waals surface area (Å²) >= 11 is 0. The van der Waals surface area contributed by atoms with E-state index in [9.17, 15) is 18.0 Å². The molecule has 1 N–H and O–H groups in total. The van der Waals surface area contributed by atoms with Crippen molar-refractivity contribution in [1.82, 2.24) is 10.2 Å². The third-order valence-corrected chi connectivity index (χ3v) is 8.30. The molecule has 0 bridgehead atoms. The van der Waals surface area contributed by atoms with Crippen LogP contribution < -0.4 is 9.62 Å². The molecular formula is C31H39N3O4S. The molecule has 1 unspecified atom stereocenters. The molecule has 7 nitrogen and oxygen atoms in total. The number of benzene rings is 3. The van der Waals surface area contributed by atoms with Crippen molar-refractivity contribution < 1.29 is 18.0 Å². The van der Waals surface area contributed by atoms with Crippen LogP contribution in [0.25, 0.3) is 0 Å². The minimum Gasteiger partial charge on any atom is -0.354 e. The van der Waals surface area contributed by atoms with Gasteiger partial charge < -0.3 is 10.2 Å². The number of aryl methyl sites for hydroxylation is 1.